The highest BCUT2D eigenvalue weighted by Crippen LogP contribution is 2.36. The fourth-order valence-corrected chi connectivity index (χ4v) is 3.73. The van der Waals surface area contributed by atoms with Crippen LogP contribution in [0.2, 0.25) is 0 Å². The number of rotatable bonds is 1. The van der Waals surface area contributed by atoms with Crippen LogP contribution in [0.5, 0.6) is 0 Å². The SMILES string of the molecule is O=C1C[C@H](c2ccccc2)Cc2nc(Br)sc21. The summed E-state index contributed by atoms with van der Waals surface area (Å²) in [4.78, 5) is 17.3. The quantitative estimate of drug-likeness (QED) is 0.801. The van der Waals surface area contributed by atoms with E-state index in [9.17, 15) is 4.79 Å². The lowest BCUT2D eigenvalue weighted by Gasteiger charge is -2.20. The highest BCUT2D eigenvalue weighted by atomic mass is 79.9. The van der Waals surface area contributed by atoms with E-state index < -0.39 is 0 Å². The van der Waals surface area contributed by atoms with Crippen molar-refractivity contribution in [3.63, 3.8) is 0 Å². The van der Waals surface area contributed by atoms with Crippen LogP contribution < -0.4 is 0 Å². The maximum absolute atomic E-state index is 12.0. The highest BCUT2D eigenvalue weighted by Gasteiger charge is 2.29. The predicted molar refractivity (Wildman–Crippen MR) is 71.6 cm³/mol. The van der Waals surface area contributed by atoms with E-state index in [4.69, 9.17) is 0 Å². The van der Waals surface area contributed by atoms with Crippen LogP contribution in [0.15, 0.2) is 34.2 Å². The Balaban J connectivity index is 1.96. The molecule has 0 amide bonds. The van der Waals surface area contributed by atoms with Gasteiger partial charge in [0.05, 0.1) is 10.6 Å². The van der Waals surface area contributed by atoms with Crippen LogP contribution in [0.3, 0.4) is 0 Å². The molecule has 86 valence electrons. The second-order valence-electron chi connectivity index (χ2n) is 4.18. The molecule has 3 rings (SSSR count). The van der Waals surface area contributed by atoms with E-state index >= 15 is 0 Å². The third-order valence-corrected chi connectivity index (χ3v) is 4.66. The van der Waals surface area contributed by atoms with Crippen molar-refractivity contribution in [1.29, 1.82) is 0 Å². The second kappa shape index (κ2) is 4.35. The minimum Gasteiger partial charge on any atom is -0.293 e. The van der Waals surface area contributed by atoms with Crippen molar-refractivity contribution in [3.8, 4) is 0 Å². The van der Waals surface area contributed by atoms with Crippen molar-refractivity contribution in [2.75, 3.05) is 0 Å². The zero-order chi connectivity index (χ0) is 11.8. The predicted octanol–water partition coefficient (Wildman–Crippen LogP) is 3.82. The van der Waals surface area contributed by atoms with Crippen molar-refractivity contribution < 1.29 is 4.79 Å². The number of aromatic nitrogens is 1. The summed E-state index contributed by atoms with van der Waals surface area (Å²) >= 11 is 4.80. The van der Waals surface area contributed by atoms with E-state index in [-0.39, 0.29) is 11.7 Å². The maximum Gasteiger partial charge on any atom is 0.175 e. The Kier molecular flexibility index (Phi) is 2.84. The molecule has 0 radical (unpaired) electrons. The van der Waals surface area contributed by atoms with Gasteiger partial charge in [0.1, 0.15) is 0 Å². The molecule has 0 saturated carbocycles. The van der Waals surface area contributed by atoms with Gasteiger partial charge in [-0.05, 0) is 33.8 Å². The number of nitrogens with zero attached hydrogens (tertiary/aromatic N) is 1. The standard InChI is InChI=1S/C13H10BrNOS/c14-13-15-10-6-9(7-11(16)12(10)17-13)8-4-2-1-3-5-8/h1-5,9H,6-7H2/t9-/m1/s1. The normalized spacial score (nSPS) is 19.1. The number of fused-ring (bicyclic) bond motifs is 1. The summed E-state index contributed by atoms with van der Waals surface area (Å²) in [6.45, 7) is 0. The third kappa shape index (κ3) is 2.07. The van der Waals surface area contributed by atoms with E-state index in [2.05, 4.69) is 33.0 Å². The number of Topliss-reactive ketones (excluding diaryl/α,β-unsaturated/α-hetero) is 1. The first-order valence-electron chi connectivity index (χ1n) is 5.47. The molecule has 0 aliphatic heterocycles. The zero-order valence-electron chi connectivity index (χ0n) is 9.02. The van der Waals surface area contributed by atoms with Crippen molar-refractivity contribution >= 4 is 33.0 Å². The molecule has 1 aliphatic carbocycles. The van der Waals surface area contributed by atoms with Crippen LogP contribution >= 0.6 is 27.3 Å². The number of thiazole rings is 1. The fraction of sp³-hybridized carbons (Fsp3) is 0.231. The Bertz CT molecular complexity index is 564. The lowest BCUT2D eigenvalue weighted by molar-refractivity contribution is 0.0968. The summed E-state index contributed by atoms with van der Waals surface area (Å²) in [5.41, 5.74) is 2.18. The molecule has 1 atom stereocenters. The van der Waals surface area contributed by atoms with Crippen LogP contribution in [-0.2, 0) is 6.42 Å². The average Bonchev–Trinajstić information content (AvgIpc) is 2.71. The first kappa shape index (κ1) is 11.1. The maximum atomic E-state index is 12.0. The van der Waals surface area contributed by atoms with Gasteiger partial charge in [-0.3, -0.25) is 4.79 Å². The fourth-order valence-electron chi connectivity index (χ4n) is 2.26. The van der Waals surface area contributed by atoms with Crippen LogP contribution in [0.4, 0.5) is 0 Å². The lowest BCUT2D eigenvalue weighted by Crippen LogP contribution is -2.17. The Morgan fingerprint density at radius 1 is 1.24 bits per heavy atom. The van der Waals surface area contributed by atoms with E-state index in [0.717, 1.165) is 20.9 Å². The summed E-state index contributed by atoms with van der Waals surface area (Å²) in [7, 11) is 0. The van der Waals surface area contributed by atoms with Gasteiger partial charge in [-0.15, -0.1) is 11.3 Å². The van der Waals surface area contributed by atoms with Gasteiger partial charge in [0.15, 0.2) is 9.70 Å². The van der Waals surface area contributed by atoms with Crippen LogP contribution in [0.1, 0.15) is 33.3 Å². The largest absolute Gasteiger partial charge is 0.293 e. The van der Waals surface area contributed by atoms with E-state index in [1.54, 1.807) is 0 Å². The Labute approximate surface area is 112 Å². The summed E-state index contributed by atoms with van der Waals surface area (Å²) in [5, 5.41) is 0. The monoisotopic (exact) mass is 307 g/mol. The smallest absolute Gasteiger partial charge is 0.175 e. The number of carbonyl (C=O) groups excluding carboxylic acids is 1. The molecule has 17 heavy (non-hydrogen) atoms. The van der Waals surface area contributed by atoms with E-state index in [1.807, 2.05) is 18.2 Å². The number of halogens is 1. The van der Waals surface area contributed by atoms with Gasteiger partial charge in [0.25, 0.3) is 0 Å². The van der Waals surface area contributed by atoms with Gasteiger partial charge in [-0.1, -0.05) is 30.3 Å². The molecule has 1 aliphatic rings. The molecular weight excluding hydrogens is 298 g/mol. The van der Waals surface area contributed by atoms with Gasteiger partial charge in [-0.25, -0.2) is 4.98 Å². The van der Waals surface area contributed by atoms with Crippen molar-refractivity contribution in [2.24, 2.45) is 0 Å². The molecule has 1 aromatic carbocycles. The number of hydrogen-bond donors (Lipinski definition) is 0. The van der Waals surface area contributed by atoms with E-state index in [1.165, 1.54) is 16.9 Å². The second-order valence-corrected chi connectivity index (χ2v) is 6.46. The van der Waals surface area contributed by atoms with Gasteiger partial charge < -0.3 is 0 Å². The minimum absolute atomic E-state index is 0.225. The number of carbonyl (C=O) groups is 1. The van der Waals surface area contributed by atoms with Gasteiger partial charge in [-0.2, -0.15) is 0 Å². The lowest BCUT2D eigenvalue weighted by atomic mass is 9.85. The minimum atomic E-state index is 0.225. The summed E-state index contributed by atoms with van der Waals surface area (Å²) in [6, 6.07) is 10.2. The topological polar surface area (TPSA) is 30.0 Å². The molecule has 1 aromatic heterocycles. The first-order valence-corrected chi connectivity index (χ1v) is 7.08. The van der Waals surface area contributed by atoms with Crippen molar-refractivity contribution in [1.82, 2.24) is 4.98 Å². The van der Waals surface area contributed by atoms with Crippen LogP contribution in [0.25, 0.3) is 0 Å². The first-order chi connectivity index (χ1) is 8.24. The molecular formula is C13H10BrNOS. The molecule has 0 bridgehead atoms. The molecule has 0 saturated heterocycles. The number of benzene rings is 1. The van der Waals surface area contributed by atoms with Gasteiger partial charge in [0.2, 0.25) is 0 Å². The Morgan fingerprint density at radius 3 is 2.76 bits per heavy atom. The van der Waals surface area contributed by atoms with Gasteiger partial charge in [0, 0.05) is 6.42 Å². The zero-order valence-corrected chi connectivity index (χ0v) is 11.4. The summed E-state index contributed by atoms with van der Waals surface area (Å²) < 4.78 is 0.810. The third-order valence-electron chi connectivity index (χ3n) is 3.07. The molecule has 0 unspecified atom stereocenters. The summed E-state index contributed by atoms with van der Waals surface area (Å²) in [6.07, 6.45) is 1.47. The summed E-state index contributed by atoms with van der Waals surface area (Å²) in [5.74, 6) is 0.508. The molecule has 1 heterocycles. The van der Waals surface area contributed by atoms with Crippen LogP contribution in [0, 0.1) is 0 Å². The number of hydrogen-bond acceptors (Lipinski definition) is 3. The molecule has 0 spiro atoms. The van der Waals surface area contributed by atoms with Gasteiger partial charge >= 0.3 is 0 Å². The van der Waals surface area contributed by atoms with Crippen molar-refractivity contribution in [3.05, 3.63) is 50.4 Å². The average molecular weight is 308 g/mol. The van der Waals surface area contributed by atoms with Crippen LogP contribution in [-0.4, -0.2) is 10.8 Å². The molecule has 4 heteroatoms. The Morgan fingerprint density at radius 2 is 2.00 bits per heavy atom. The molecule has 2 aromatic rings. The number of ketones is 1. The Hall–Kier alpha value is -1.00. The van der Waals surface area contributed by atoms with Crippen molar-refractivity contribution in [2.45, 2.75) is 18.8 Å². The van der Waals surface area contributed by atoms with E-state index in [0.29, 0.717) is 6.42 Å². The molecule has 0 fully saturated rings. The molecule has 0 N–H and O–H groups in total. The molecule has 2 nitrogen and oxygen atoms in total. The highest BCUT2D eigenvalue weighted by molar-refractivity contribution is 9.11.